The molecule has 2 amide bonds. The molecule has 0 spiro atoms. The standard InChI is InChI=1S/C21H24Cl2N2O3/c1-13(2)19(25-20(26)14-7-9-15(28-3)10-8-14)21(27)24-12-11-16-17(22)5-4-6-18(16)23/h4-10,13,19H,11-12H2,1-3H3,(H,24,27)(H,25,26). The molecule has 5 nitrogen and oxygen atoms in total. The number of amides is 2. The molecule has 2 N–H and O–H groups in total. The van der Waals surface area contributed by atoms with Crippen LogP contribution >= 0.6 is 23.2 Å². The van der Waals surface area contributed by atoms with Crippen LogP contribution in [0, 0.1) is 5.92 Å². The Hall–Kier alpha value is -2.24. The number of halogens is 2. The van der Waals surface area contributed by atoms with E-state index < -0.39 is 6.04 Å². The number of rotatable bonds is 8. The molecule has 0 aliphatic rings. The zero-order valence-electron chi connectivity index (χ0n) is 16.1. The van der Waals surface area contributed by atoms with Gasteiger partial charge in [-0.15, -0.1) is 0 Å². The van der Waals surface area contributed by atoms with Gasteiger partial charge in [0, 0.05) is 22.2 Å². The molecule has 0 bridgehead atoms. The molecule has 0 saturated carbocycles. The van der Waals surface area contributed by atoms with Gasteiger partial charge in [-0.1, -0.05) is 43.1 Å². The minimum atomic E-state index is -0.656. The number of hydrogen-bond acceptors (Lipinski definition) is 3. The van der Waals surface area contributed by atoms with E-state index in [4.69, 9.17) is 27.9 Å². The van der Waals surface area contributed by atoms with Gasteiger partial charge >= 0.3 is 0 Å². The summed E-state index contributed by atoms with van der Waals surface area (Å²) in [6, 6.07) is 11.4. The first-order valence-corrected chi connectivity index (χ1v) is 9.74. The second-order valence-electron chi connectivity index (χ2n) is 6.66. The fourth-order valence-corrected chi connectivity index (χ4v) is 3.28. The molecule has 2 rings (SSSR count). The van der Waals surface area contributed by atoms with Crippen molar-refractivity contribution in [3.63, 3.8) is 0 Å². The van der Waals surface area contributed by atoms with Crippen molar-refractivity contribution in [2.75, 3.05) is 13.7 Å². The van der Waals surface area contributed by atoms with E-state index in [2.05, 4.69) is 10.6 Å². The molecule has 0 aliphatic carbocycles. The van der Waals surface area contributed by atoms with Crippen molar-refractivity contribution in [2.45, 2.75) is 26.3 Å². The second kappa shape index (κ2) is 10.3. The van der Waals surface area contributed by atoms with Crippen LogP contribution < -0.4 is 15.4 Å². The second-order valence-corrected chi connectivity index (χ2v) is 7.48. The first-order chi connectivity index (χ1) is 13.3. The van der Waals surface area contributed by atoms with Crippen molar-refractivity contribution in [2.24, 2.45) is 5.92 Å². The molecule has 2 aromatic rings. The van der Waals surface area contributed by atoms with E-state index in [0.717, 1.165) is 5.56 Å². The molecule has 150 valence electrons. The van der Waals surface area contributed by atoms with Gasteiger partial charge in [-0.05, 0) is 54.3 Å². The smallest absolute Gasteiger partial charge is 0.251 e. The zero-order valence-corrected chi connectivity index (χ0v) is 17.6. The molecule has 28 heavy (non-hydrogen) atoms. The maximum Gasteiger partial charge on any atom is 0.251 e. The molecule has 0 saturated heterocycles. The minimum Gasteiger partial charge on any atom is -0.497 e. The lowest BCUT2D eigenvalue weighted by Crippen LogP contribution is -2.50. The summed E-state index contributed by atoms with van der Waals surface area (Å²) in [6.45, 7) is 4.12. The van der Waals surface area contributed by atoms with Gasteiger partial charge < -0.3 is 15.4 Å². The lowest BCUT2D eigenvalue weighted by molar-refractivity contribution is -0.123. The van der Waals surface area contributed by atoms with Crippen LogP contribution in [0.25, 0.3) is 0 Å². The van der Waals surface area contributed by atoms with Crippen molar-refractivity contribution in [3.05, 3.63) is 63.6 Å². The molecule has 2 aromatic carbocycles. The van der Waals surface area contributed by atoms with E-state index in [1.54, 1.807) is 49.6 Å². The summed E-state index contributed by atoms with van der Waals surface area (Å²) in [7, 11) is 1.56. The van der Waals surface area contributed by atoms with E-state index in [9.17, 15) is 9.59 Å². The lowest BCUT2D eigenvalue weighted by atomic mass is 10.0. The molecule has 0 radical (unpaired) electrons. The summed E-state index contributed by atoms with van der Waals surface area (Å²) in [5, 5.41) is 6.78. The molecular weight excluding hydrogens is 399 g/mol. The molecule has 0 aromatic heterocycles. The zero-order chi connectivity index (χ0) is 20.7. The molecule has 1 unspecified atom stereocenters. The highest BCUT2D eigenvalue weighted by molar-refractivity contribution is 6.36. The Bertz CT molecular complexity index is 803. The fourth-order valence-electron chi connectivity index (χ4n) is 2.69. The van der Waals surface area contributed by atoms with Gasteiger partial charge in [0.15, 0.2) is 0 Å². The summed E-state index contributed by atoms with van der Waals surface area (Å²) < 4.78 is 5.09. The van der Waals surface area contributed by atoms with E-state index in [1.807, 2.05) is 13.8 Å². The first kappa shape index (κ1) is 22.1. The monoisotopic (exact) mass is 422 g/mol. The number of methoxy groups -OCH3 is 1. The third-order valence-electron chi connectivity index (χ3n) is 4.32. The predicted molar refractivity (Wildman–Crippen MR) is 112 cm³/mol. The highest BCUT2D eigenvalue weighted by Gasteiger charge is 2.24. The third-order valence-corrected chi connectivity index (χ3v) is 5.03. The maximum atomic E-state index is 12.6. The van der Waals surface area contributed by atoms with Crippen molar-refractivity contribution in [1.29, 1.82) is 0 Å². The van der Waals surface area contributed by atoms with Gasteiger partial charge in [-0.3, -0.25) is 9.59 Å². The largest absolute Gasteiger partial charge is 0.497 e. The fraction of sp³-hybridized carbons (Fsp3) is 0.333. The Kier molecular flexibility index (Phi) is 8.15. The average molecular weight is 423 g/mol. The molecule has 1 atom stereocenters. The molecule has 7 heteroatoms. The number of carbonyl (C=O) groups is 2. The Morgan fingerprint density at radius 3 is 2.18 bits per heavy atom. The van der Waals surface area contributed by atoms with Crippen LogP contribution in [-0.4, -0.2) is 31.5 Å². The van der Waals surface area contributed by atoms with Crippen molar-refractivity contribution < 1.29 is 14.3 Å². The maximum absolute atomic E-state index is 12.6. The Balaban J connectivity index is 1.96. The van der Waals surface area contributed by atoms with Gasteiger partial charge in [0.25, 0.3) is 5.91 Å². The number of benzene rings is 2. The van der Waals surface area contributed by atoms with Crippen LogP contribution in [0.5, 0.6) is 5.75 Å². The number of hydrogen-bond donors (Lipinski definition) is 2. The van der Waals surface area contributed by atoms with E-state index in [0.29, 0.717) is 34.3 Å². The van der Waals surface area contributed by atoms with E-state index >= 15 is 0 Å². The van der Waals surface area contributed by atoms with Crippen LogP contribution in [-0.2, 0) is 11.2 Å². The highest BCUT2D eigenvalue weighted by Crippen LogP contribution is 2.24. The van der Waals surface area contributed by atoms with E-state index in [1.165, 1.54) is 0 Å². The third kappa shape index (κ3) is 5.88. The Morgan fingerprint density at radius 2 is 1.64 bits per heavy atom. The van der Waals surface area contributed by atoms with Crippen LogP contribution in [0.15, 0.2) is 42.5 Å². The quantitative estimate of drug-likeness (QED) is 0.672. The minimum absolute atomic E-state index is 0.0777. The summed E-state index contributed by atoms with van der Waals surface area (Å²) in [5.41, 5.74) is 1.25. The number of ether oxygens (including phenoxy) is 1. The number of nitrogens with one attached hydrogen (secondary N) is 2. The SMILES string of the molecule is COc1ccc(C(=O)NC(C(=O)NCCc2c(Cl)cccc2Cl)C(C)C)cc1. The topological polar surface area (TPSA) is 67.4 Å². The van der Waals surface area contributed by atoms with E-state index in [-0.39, 0.29) is 17.7 Å². The van der Waals surface area contributed by atoms with Crippen molar-refractivity contribution in [3.8, 4) is 5.75 Å². The van der Waals surface area contributed by atoms with Gasteiger partial charge in [-0.2, -0.15) is 0 Å². The van der Waals surface area contributed by atoms with Gasteiger partial charge in [0.2, 0.25) is 5.91 Å². The Morgan fingerprint density at radius 1 is 1.04 bits per heavy atom. The van der Waals surface area contributed by atoms with Crippen LogP contribution in [0.3, 0.4) is 0 Å². The summed E-state index contributed by atoms with van der Waals surface area (Å²) >= 11 is 12.3. The molecular formula is C21H24Cl2N2O3. The molecule has 0 heterocycles. The first-order valence-electron chi connectivity index (χ1n) is 8.99. The van der Waals surface area contributed by atoms with Gasteiger partial charge in [0.05, 0.1) is 7.11 Å². The average Bonchev–Trinajstić information content (AvgIpc) is 2.67. The van der Waals surface area contributed by atoms with Crippen LogP contribution in [0.2, 0.25) is 10.0 Å². The van der Waals surface area contributed by atoms with Crippen LogP contribution in [0.1, 0.15) is 29.8 Å². The van der Waals surface area contributed by atoms with Crippen molar-refractivity contribution in [1.82, 2.24) is 10.6 Å². The van der Waals surface area contributed by atoms with Gasteiger partial charge in [-0.25, -0.2) is 0 Å². The highest BCUT2D eigenvalue weighted by atomic mass is 35.5. The summed E-state index contributed by atoms with van der Waals surface area (Å²) in [6.07, 6.45) is 0.501. The Labute approximate surface area is 175 Å². The normalized spacial score (nSPS) is 11.8. The van der Waals surface area contributed by atoms with Crippen molar-refractivity contribution >= 4 is 35.0 Å². The molecule has 0 fully saturated rings. The summed E-state index contributed by atoms with van der Waals surface area (Å²) in [4.78, 5) is 25.1. The number of carbonyl (C=O) groups excluding carboxylic acids is 2. The van der Waals surface area contributed by atoms with Crippen LogP contribution in [0.4, 0.5) is 0 Å². The summed E-state index contributed by atoms with van der Waals surface area (Å²) in [5.74, 6) is 0.0183. The van der Waals surface area contributed by atoms with Gasteiger partial charge in [0.1, 0.15) is 11.8 Å². The lowest BCUT2D eigenvalue weighted by Gasteiger charge is -2.22. The predicted octanol–water partition coefficient (Wildman–Crippen LogP) is 4.12. The molecule has 0 aliphatic heterocycles.